The van der Waals surface area contributed by atoms with Crippen molar-refractivity contribution >= 4 is 29.6 Å². The minimum absolute atomic E-state index is 0. The predicted octanol–water partition coefficient (Wildman–Crippen LogP) is 1.19. The van der Waals surface area contributed by atoms with E-state index in [1.807, 2.05) is 24.4 Å². The van der Waals surface area contributed by atoms with E-state index in [0.717, 1.165) is 5.69 Å². The van der Waals surface area contributed by atoms with E-state index in [-0.39, 0.29) is 29.6 Å². The molecule has 1 heterocycles. The molecule has 0 amide bonds. The Kier molecular flexibility index (Phi) is 3.66. The number of hydrogen-bond acceptors (Lipinski definition) is 2. The summed E-state index contributed by atoms with van der Waals surface area (Å²) >= 11 is 0. The summed E-state index contributed by atoms with van der Waals surface area (Å²) in [4.78, 5) is 0. The first-order valence-corrected chi connectivity index (χ1v) is 3.80. The molecule has 3 nitrogen and oxygen atoms in total. The first-order chi connectivity index (χ1) is 5.88. The van der Waals surface area contributed by atoms with E-state index in [2.05, 4.69) is 23.3 Å². The number of aromatic nitrogens is 3. The zero-order valence-electron chi connectivity index (χ0n) is 7.81. The molecule has 0 unspecified atom stereocenters. The van der Waals surface area contributed by atoms with Crippen molar-refractivity contribution < 1.29 is 0 Å². The van der Waals surface area contributed by atoms with Gasteiger partial charge in [-0.2, -0.15) is 0 Å². The van der Waals surface area contributed by atoms with Gasteiger partial charge in [0.05, 0.1) is 18.1 Å². The van der Waals surface area contributed by atoms with Crippen LogP contribution in [-0.2, 0) is 0 Å². The third-order valence-electron chi connectivity index (χ3n) is 1.78. The van der Waals surface area contributed by atoms with Gasteiger partial charge in [0.2, 0.25) is 0 Å². The third kappa shape index (κ3) is 2.18. The van der Waals surface area contributed by atoms with Gasteiger partial charge < -0.3 is 0 Å². The summed E-state index contributed by atoms with van der Waals surface area (Å²) in [5.41, 5.74) is 2.28. The van der Waals surface area contributed by atoms with Gasteiger partial charge in [0.25, 0.3) is 0 Å². The molecular formula is C9H9N3Na. The normalized spacial score (nSPS) is 9.31. The minimum atomic E-state index is 0. The average molecular weight is 182 g/mol. The van der Waals surface area contributed by atoms with Crippen molar-refractivity contribution in [3.8, 4) is 5.69 Å². The van der Waals surface area contributed by atoms with Gasteiger partial charge in [-0.25, -0.2) is 4.68 Å². The van der Waals surface area contributed by atoms with Gasteiger partial charge in [0.1, 0.15) is 0 Å². The van der Waals surface area contributed by atoms with Crippen molar-refractivity contribution in [1.82, 2.24) is 15.0 Å². The maximum atomic E-state index is 3.91. The molecule has 1 aromatic heterocycles. The van der Waals surface area contributed by atoms with Crippen molar-refractivity contribution in [2.75, 3.05) is 0 Å². The fourth-order valence-corrected chi connectivity index (χ4v) is 1.16. The van der Waals surface area contributed by atoms with Crippen molar-refractivity contribution in [2.45, 2.75) is 6.92 Å². The summed E-state index contributed by atoms with van der Waals surface area (Å²) in [6.45, 7) is 2.05. The Morgan fingerprint density at radius 3 is 2.62 bits per heavy atom. The summed E-state index contributed by atoms with van der Waals surface area (Å²) in [6, 6.07) is 8.07. The molecule has 0 fully saturated rings. The first-order valence-electron chi connectivity index (χ1n) is 3.80. The maximum absolute atomic E-state index is 3.91. The molecule has 0 N–H and O–H groups in total. The van der Waals surface area contributed by atoms with Gasteiger partial charge in [0.15, 0.2) is 0 Å². The Bertz CT molecular complexity index is 370. The molecule has 61 valence electrons. The van der Waals surface area contributed by atoms with Crippen LogP contribution in [0.2, 0.25) is 0 Å². The van der Waals surface area contributed by atoms with Gasteiger partial charge in [-0.15, -0.1) is 5.10 Å². The van der Waals surface area contributed by atoms with E-state index < -0.39 is 0 Å². The van der Waals surface area contributed by atoms with E-state index in [1.165, 1.54) is 5.56 Å². The minimum Gasteiger partial charge on any atom is -0.221 e. The SMILES string of the molecule is Cc1ccccc1-n1ccnn1.[Na]. The molecular weight excluding hydrogens is 173 g/mol. The quantitative estimate of drug-likeness (QED) is 0.620. The third-order valence-corrected chi connectivity index (χ3v) is 1.78. The van der Waals surface area contributed by atoms with E-state index in [9.17, 15) is 0 Å². The molecule has 2 aromatic rings. The van der Waals surface area contributed by atoms with Crippen LogP contribution in [0.5, 0.6) is 0 Å². The molecule has 0 atom stereocenters. The standard InChI is InChI=1S/C9H9N3.Na/c1-8-4-2-3-5-9(8)12-7-6-10-11-12;/h2-7H,1H3;. The van der Waals surface area contributed by atoms with Crippen LogP contribution in [0.3, 0.4) is 0 Å². The smallest absolute Gasteiger partial charge is 0.0697 e. The maximum Gasteiger partial charge on any atom is 0.0697 e. The second kappa shape index (κ2) is 4.56. The molecule has 0 bridgehead atoms. The number of hydrogen-bond donors (Lipinski definition) is 0. The molecule has 1 radical (unpaired) electrons. The molecule has 13 heavy (non-hydrogen) atoms. The summed E-state index contributed by atoms with van der Waals surface area (Å²) in [5, 5.41) is 7.67. The van der Waals surface area contributed by atoms with Crippen molar-refractivity contribution in [3.05, 3.63) is 42.2 Å². The molecule has 1 aromatic carbocycles. The monoisotopic (exact) mass is 182 g/mol. The molecule has 0 aliphatic heterocycles. The van der Waals surface area contributed by atoms with E-state index in [1.54, 1.807) is 10.9 Å². The van der Waals surface area contributed by atoms with Crippen LogP contribution in [0.15, 0.2) is 36.7 Å². The fourth-order valence-electron chi connectivity index (χ4n) is 1.16. The molecule has 4 heteroatoms. The summed E-state index contributed by atoms with van der Waals surface area (Å²) in [6.07, 6.45) is 3.51. The van der Waals surface area contributed by atoms with Crippen molar-refractivity contribution in [2.24, 2.45) is 0 Å². The van der Waals surface area contributed by atoms with Crippen LogP contribution in [0, 0.1) is 6.92 Å². The number of benzene rings is 1. The molecule has 0 saturated carbocycles. The molecule has 2 rings (SSSR count). The second-order valence-corrected chi connectivity index (χ2v) is 2.63. The van der Waals surface area contributed by atoms with Crippen molar-refractivity contribution in [1.29, 1.82) is 0 Å². The van der Waals surface area contributed by atoms with Gasteiger partial charge in [-0.05, 0) is 18.6 Å². The van der Waals surface area contributed by atoms with Crippen molar-refractivity contribution in [3.63, 3.8) is 0 Å². The van der Waals surface area contributed by atoms with Crippen LogP contribution >= 0.6 is 0 Å². The molecule has 0 aliphatic carbocycles. The summed E-state index contributed by atoms with van der Waals surface area (Å²) in [7, 11) is 0. The Labute approximate surface area is 99.1 Å². The van der Waals surface area contributed by atoms with Crippen LogP contribution in [0.25, 0.3) is 5.69 Å². The van der Waals surface area contributed by atoms with Gasteiger partial charge in [0, 0.05) is 29.6 Å². The zero-order valence-corrected chi connectivity index (χ0v) is 9.81. The zero-order chi connectivity index (χ0) is 8.39. The topological polar surface area (TPSA) is 30.7 Å². The number of para-hydroxylation sites is 1. The van der Waals surface area contributed by atoms with Crippen LogP contribution in [0.4, 0.5) is 0 Å². The van der Waals surface area contributed by atoms with Crippen LogP contribution in [-0.4, -0.2) is 44.6 Å². The molecule has 0 saturated heterocycles. The molecule has 0 spiro atoms. The largest absolute Gasteiger partial charge is 0.221 e. The van der Waals surface area contributed by atoms with Crippen LogP contribution in [0.1, 0.15) is 5.56 Å². The fraction of sp³-hybridized carbons (Fsp3) is 0.111. The average Bonchev–Trinajstić information content (AvgIpc) is 2.57. The molecule has 0 aliphatic rings. The Balaban J connectivity index is 0.000000845. The van der Waals surface area contributed by atoms with E-state index >= 15 is 0 Å². The van der Waals surface area contributed by atoms with E-state index in [4.69, 9.17) is 0 Å². The van der Waals surface area contributed by atoms with E-state index in [0.29, 0.717) is 0 Å². The Morgan fingerprint density at radius 2 is 2.00 bits per heavy atom. The Morgan fingerprint density at radius 1 is 1.23 bits per heavy atom. The first kappa shape index (κ1) is 10.4. The van der Waals surface area contributed by atoms with Crippen LogP contribution < -0.4 is 0 Å². The summed E-state index contributed by atoms with van der Waals surface area (Å²) < 4.78 is 1.76. The summed E-state index contributed by atoms with van der Waals surface area (Å²) in [5.74, 6) is 0. The van der Waals surface area contributed by atoms with Gasteiger partial charge in [-0.3, -0.25) is 0 Å². The van der Waals surface area contributed by atoms with Gasteiger partial charge >= 0.3 is 0 Å². The number of nitrogens with zero attached hydrogens (tertiary/aromatic N) is 3. The second-order valence-electron chi connectivity index (χ2n) is 2.63. The number of rotatable bonds is 1. The predicted molar refractivity (Wildman–Crippen MR) is 51.9 cm³/mol. The Hall–Kier alpha value is -0.640. The van der Waals surface area contributed by atoms with Gasteiger partial charge in [-0.1, -0.05) is 23.4 Å². The number of aryl methyl sites for hydroxylation is 1.